The lowest BCUT2D eigenvalue weighted by Crippen LogP contribution is -2.41. The Morgan fingerprint density at radius 3 is 2.71 bits per heavy atom. The molecule has 0 bridgehead atoms. The summed E-state index contributed by atoms with van der Waals surface area (Å²) in [5.74, 6) is -2.81. The lowest BCUT2D eigenvalue weighted by molar-refractivity contribution is 0.0602. The monoisotopic (exact) mass is 333 g/mol. The van der Waals surface area contributed by atoms with Gasteiger partial charge in [0.1, 0.15) is 23.7 Å². The van der Waals surface area contributed by atoms with Crippen molar-refractivity contribution in [3.05, 3.63) is 47.8 Å². The van der Waals surface area contributed by atoms with E-state index >= 15 is 0 Å². The zero-order valence-corrected chi connectivity index (χ0v) is 13.0. The number of benzene rings is 1. The number of carbonyl (C=O) groups is 1. The van der Waals surface area contributed by atoms with E-state index in [1.54, 1.807) is 10.7 Å². The minimum atomic E-state index is -2.60. The van der Waals surface area contributed by atoms with Crippen molar-refractivity contribution < 1.29 is 18.3 Å². The molecule has 5 nitrogen and oxygen atoms in total. The molecular weight excluding hydrogens is 316 g/mol. The van der Waals surface area contributed by atoms with Crippen LogP contribution in [0, 0.1) is 5.92 Å². The Balaban J connectivity index is 1.42. The van der Waals surface area contributed by atoms with Crippen molar-refractivity contribution in [1.82, 2.24) is 14.7 Å². The highest BCUT2D eigenvalue weighted by atomic mass is 19.3. The predicted molar refractivity (Wildman–Crippen MR) is 82.0 cm³/mol. The van der Waals surface area contributed by atoms with Crippen LogP contribution in [0.2, 0.25) is 0 Å². The molecule has 2 aromatic rings. The van der Waals surface area contributed by atoms with Gasteiger partial charge in [-0.2, -0.15) is 5.10 Å². The molecule has 1 aliphatic carbocycles. The number of amides is 1. The van der Waals surface area contributed by atoms with E-state index in [0.29, 0.717) is 24.5 Å². The number of halogens is 2. The molecule has 0 N–H and O–H groups in total. The fraction of sp³-hybridized carbons (Fsp3) is 0.412. The zero-order chi connectivity index (χ0) is 16.7. The molecule has 1 aliphatic heterocycles. The van der Waals surface area contributed by atoms with Crippen LogP contribution in [0.5, 0.6) is 5.75 Å². The van der Waals surface area contributed by atoms with Crippen molar-refractivity contribution in [3.8, 4) is 5.75 Å². The maximum atomic E-state index is 13.1. The van der Waals surface area contributed by atoms with Crippen molar-refractivity contribution in [2.75, 3.05) is 13.1 Å². The van der Waals surface area contributed by atoms with E-state index in [-0.39, 0.29) is 25.5 Å². The quantitative estimate of drug-likeness (QED) is 0.845. The Bertz CT molecular complexity index is 760. The molecule has 1 aromatic carbocycles. The molecule has 0 spiro atoms. The summed E-state index contributed by atoms with van der Waals surface area (Å²) in [5, 5.41) is 4.37. The molecule has 2 heterocycles. The maximum Gasteiger partial charge on any atom is 0.272 e. The summed E-state index contributed by atoms with van der Waals surface area (Å²) in [4.78, 5) is 14.0. The van der Waals surface area contributed by atoms with Gasteiger partial charge in [0.05, 0.1) is 6.54 Å². The summed E-state index contributed by atoms with van der Waals surface area (Å²) < 4.78 is 33.4. The van der Waals surface area contributed by atoms with Gasteiger partial charge >= 0.3 is 0 Å². The smallest absolute Gasteiger partial charge is 0.272 e. The molecule has 1 unspecified atom stereocenters. The van der Waals surface area contributed by atoms with Gasteiger partial charge < -0.3 is 9.64 Å². The van der Waals surface area contributed by atoms with Crippen molar-refractivity contribution in [2.45, 2.75) is 25.5 Å². The van der Waals surface area contributed by atoms with Gasteiger partial charge in [-0.1, -0.05) is 18.2 Å². The van der Waals surface area contributed by atoms with E-state index in [0.717, 1.165) is 5.75 Å². The number of nitrogens with zero attached hydrogens (tertiary/aromatic N) is 3. The van der Waals surface area contributed by atoms with E-state index in [2.05, 4.69) is 5.10 Å². The van der Waals surface area contributed by atoms with E-state index in [1.807, 2.05) is 30.3 Å². The lowest BCUT2D eigenvalue weighted by atomic mass is 10.2. The number of hydrogen-bond donors (Lipinski definition) is 0. The Morgan fingerprint density at radius 1 is 1.25 bits per heavy atom. The van der Waals surface area contributed by atoms with Crippen LogP contribution in [0.4, 0.5) is 8.78 Å². The fourth-order valence-electron chi connectivity index (χ4n) is 2.94. The standard InChI is InChI=1S/C17H17F2N3O2/c18-17(19)9-12(17)10-21-6-7-22-15(16(21)23)8-13(20-22)11-24-14-4-2-1-3-5-14/h1-5,8,12H,6-7,9-11H2. The first-order chi connectivity index (χ1) is 11.5. The number of ether oxygens (including phenoxy) is 1. The molecule has 1 amide bonds. The van der Waals surface area contributed by atoms with Crippen LogP contribution in [-0.2, 0) is 13.2 Å². The van der Waals surface area contributed by atoms with Crippen LogP contribution in [0.25, 0.3) is 0 Å². The summed E-state index contributed by atoms with van der Waals surface area (Å²) in [6, 6.07) is 11.0. The number of alkyl halides is 2. The molecule has 1 atom stereocenters. The van der Waals surface area contributed by atoms with Gasteiger partial charge in [0.2, 0.25) is 0 Å². The van der Waals surface area contributed by atoms with Crippen LogP contribution in [0.3, 0.4) is 0 Å². The third-order valence-corrected chi connectivity index (χ3v) is 4.45. The van der Waals surface area contributed by atoms with Crippen LogP contribution in [-0.4, -0.2) is 39.6 Å². The largest absolute Gasteiger partial charge is 0.487 e. The first-order valence-corrected chi connectivity index (χ1v) is 7.94. The molecule has 126 valence electrons. The van der Waals surface area contributed by atoms with Crippen molar-refractivity contribution in [1.29, 1.82) is 0 Å². The lowest BCUT2D eigenvalue weighted by Gasteiger charge is -2.27. The highest BCUT2D eigenvalue weighted by Gasteiger charge is 2.57. The van der Waals surface area contributed by atoms with Gasteiger partial charge in [-0.15, -0.1) is 0 Å². The minimum absolute atomic E-state index is 0.118. The van der Waals surface area contributed by atoms with Crippen molar-refractivity contribution in [3.63, 3.8) is 0 Å². The first-order valence-electron chi connectivity index (χ1n) is 7.94. The number of fused-ring (bicyclic) bond motifs is 1. The van der Waals surface area contributed by atoms with Crippen molar-refractivity contribution >= 4 is 5.91 Å². The van der Waals surface area contributed by atoms with Crippen LogP contribution >= 0.6 is 0 Å². The van der Waals surface area contributed by atoms with E-state index in [9.17, 15) is 13.6 Å². The summed E-state index contributed by atoms with van der Waals surface area (Å²) in [6.45, 7) is 1.31. The number of aromatic nitrogens is 2. The van der Waals surface area contributed by atoms with Gasteiger partial charge in [0, 0.05) is 25.4 Å². The summed E-state index contributed by atoms with van der Waals surface area (Å²) >= 11 is 0. The molecular formula is C17H17F2N3O2. The highest BCUT2D eigenvalue weighted by Crippen LogP contribution is 2.49. The summed E-state index contributed by atoms with van der Waals surface area (Å²) in [6.07, 6.45) is -0.119. The third-order valence-electron chi connectivity index (χ3n) is 4.45. The Labute approximate surface area is 137 Å². The van der Waals surface area contributed by atoms with E-state index in [4.69, 9.17) is 4.74 Å². The highest BCUT2D eigenvalue weighted by molar-refractivity contribution is 5.93. The van der Waals surface area contributed by atoms with Crippen LogP contribution in [0.1, 0.15) is 22.6 Å². The molecule has 1 aromatic heterocycles. The minimum Gasteiger partial charge on any atom is -0.487 e. The second kappa shape index (κ2) is 5.58. The van der Waals surface area contributed by atoms with Crippen LogP contribution in [0.15, 0.2) is 36.4 Å². The number of hydrogen-bond acceptors (Lipinski definition) is 3. The number of para-hydroxylation sites is 1. The molecule has 7 heteroatoms. The van der Waals surface area contributed by atoms with Gasteiger partial charge in [0.25, 0.3) is 11.8 Å². The zero-order valence-electron chi connectivity index (χ0n) is 13.0. The third kappa shape index (κ3) is 2.86. The molecule has 1 fully saturated rings. The van der Waals surface area contributed by atoms with Gasteiger partial charge in [-0.3, -0.25) is 9.48 Å². The molecule has 0 radical (unpaired) electrons. The average Bonchev–Trinajstić information content (AvgIpc) is 2.98. The van der Waals surface area contributed by atoms with Crippen molar-refractivity contribution in [2.24, 2.45) is 5.92 Å². The topological polar surface area (TPSA) is 47.4 Å². The maximum absolute atomic E-state index is 13.1. The molecule has 24 heavy (non-hydrogen) atoms. The van der Waals surface area contributed by atoms with E-state index in [1.165, 1.54) is 4.90 Å². The fourth-order valence-corrected chi connectivity index (χ4v) is 2.94. The Kier molecular flexibility index (Phi) is 3.51. The molecule has 4 rings (SSSR count). The SMILES string of the molecule is O=C1c2cc(COc3ccccc3)nn2CCN1CC1CC1(F)F. The number of carbonyl (C=O) groups excluding carboxylic acids is 1. The van der Waals surface area contributed by atoms with Crippen LogP contribution < -0.4 is 4.74 Å². The van der Waals surface area contributed by atoms with Gasteiger partial charge in [-0.05, 0) is 18.2 Å². The predicted octanol–water partition coefficient (Wildman–Crippen LogP) is 2.57. The first kappa shape index (κ1) is 15.1. The van der Waals surface area contributed by atoms with E-state index < -0.39 is 11.8 Å². The number of rotatable bonds is 5. The summed E-state index contributed by atoms with van der Waals surface area (Å²) in [5.41, 5.74) is 1.10. The average molecular weight is 333 g/mol. The molecule has 1 saturated carbocycles. The summed E-state index contributed by atoms with van der Waals surface area (Å²) in [7, 11) is 0. The second-order valence-electron chi connectivity index (χ2n) is 6.26. The normalized spacial score (nSPS) is 21.5. The Morgan fingerprint density at radius 2 is 2.00 bits per heavy atom. The van der Waals surface area contributed by atoms with Gasteiger partial charge in [-0.25, -0.2) is 8.78 Å². The second-order valence-corrected chi connectivity index (χ2v) is 6.26. The Hall–Kier alpha value is -2.44. The van der Waals surface area contributed by atoms with Gasteiger partial charge in [0.15, 0.2) is 0 Å². The molecule has 2 aliphatic rings. The molecule has 0 saturated heterocycles.